The Morgan fingerprint density at radius 2 is 2.07 bits per heavy atom. The van der Waals surface area contributed by atoms with E-state index >= 15 is 0 Å². The van der Waals surface area contributed by atoms with Crippen molar-refractivity contribution >= 4 is 17.7 Å². The molecular formula is C12H15NOS. The van der Waals surface area contributed by atoms with Gasteiger partial charge in [-0.1, -0.05) is 18.2 Å². The second-order valence-electron chi connectivity index (χ2n) is 3.72. The lowest BCUT2D eigenvalue weighted by molar-refractivity contribution is -0.128. The lowest BCUT2D eigenvalue weighted by atomic mass is 10.4. The largest absolute Gasteiger partial charge is 0.331 e. The molecule has 0 radical (unpaired) electrons. The summed E-state index contributed by atoms with van der Waals surface area (Å²) in [5.74, 6) is 0.297. The van der Waals surface area contributed by atoms with Gasteiger partial charge in [0.15, 0.2) is 0 Å². The number of rotatable bonds is 3. The molecule has 1 atom stereocenters. The number of carbonyl (C=O) groups is 1. The van der Waals surface area contributed by atoms with Gasteiger partial charge in [0.05, 0.1) is 5.37 Å². The van der Waals surface area contributed by atoms with Crippen LogP contribution >= 0.6 is 11.8 Å². The highest BCUT2D eigenvalue weighted by Gasteiger charge is 2.25. The third-order valence-electron chi connectivity index (χ3n) is 2.60. The predicted molar refractivity (Wildman–Crippen MR) is 62.7 cm³/mol. The molecule has 80 valence electrons. The first-order valence-electron chi connectivity index (χ1n) is 5.28. The Bertz CT molecular complexity index is 339. The molecule has 1 heterocycles. The molecule has 1 unspecified atom stereocenters. The summed E-state index contributed by atoms with van der Waals surface area (Å²) in [6.45, 7) is 3.01. The minimum Gasteiger partial charge on any atom is -0.331 e. The molecule has 0 N–H and O–H groups in total. The number of amides is 1. The third-order valence-corrected chi connectivity index (χ3v) is 3.74. The lowest BCUT2D eigenvalue weighted by Gasteiger charge is -2.23. The van der Waals surface area contributed by atoms with Gasteiger partial charge in [0, 0.05) is 17.9 Å². The van der Waals surface area contributed by atoms with Crippen molar-refractivity contribution in [3.63, 3.8) is 0 Å². The van der Waals surface area contributed by atoms with E-state index in [0.717, 1.165) is 19.4 Å². The zero-order chi connectivity index (χ0) is 10.7. The Morgan fingerprint density at radius 1 is 1.33 bits per heavy atom. The van der Waals surface area contributed by atoms with E-state index in [1.807, 2.05) is 23.1 Å². The molecule has 0 spiro atoms. The van der Waals surface area contributed by atoms with E-state index in [-0.39, 0.29) is 5.37 Å². The van der Waals surface area contributed by atoms with Gasteiger partial charge in [-0.15, -0.1) is 11.8 Å². The van der Waals surface area contributed by atoms with Gasteiger partial charge >= 0.3 is 0 Å². The van der Waals surface area contributed by atoms with Gasteiger partial charge < -0.3 is 4.90 Å². The number of nitrogens with zero attached hydrogens (tertiary/aromatic N) is 1. The lowest BCUT2D eigenvalue weighted by Crippen LogP contribution is -2.31. The Morgan fingerprint density at radius 3 is 2.67 bits per heavy atom. The average molecular weight is 221 g/mol. The van der Waals surface area contributed by atoms with Crippen molar-refractivity contribution in [1.29, 1.82) is 0 Å². The summed E-state index contributed by atoms with van der Waals surface area (Å²) in [5.41, 5.74) is 0. The topological polar surface area (TPSA) is 20.3 Å². The SMILES string of the molecule is CC(Sc1ccccc1)N1CCCC1=O. The van der Waals surface area contributed by atoms with Crippen LogP contribution in [-0.2, 0) is 4.79 Å². The number of hydrogen-bond donors (Lipinski definition) is 0. The number of carbonyl (C=O) groups excluding carboxylic acids is 1. The zero-order valence-electron chi connectivity index (χ0n) is 8.85. The van der Waals surface area contributed by atoms with Crippen molar-refractivity contribution in [2.75, 3.05) is 6.54 Å². The van der Waals surface area contributed by atoms with Crippen LogP contribution < -0.4 is 0 Å². The van der Waals surface area contributed by atoms with Crippen LogP contribution in [0.5, 0.6) is 0 Å². The Kier molecular flexibility index (Phi) is 3.31. The maximum atomic E-state index is 11.5. The summed E-state index contributed by atoms with van der Waals surface area (Å²) in [6, 6.07) is 10.2. The highest BCUT2D eigenvalue weighted by molar-refractivity contribution is 7.99. The van der Waals surface area contributed by atoms with Crippen molar-refractivity contribution in [3.8, 4) is 0 Å². The first-order chi connectivity index (χ1) is 7.27. The van der Waals surface area contributed by atoms with Gasteiger partial charge in [-0.05, 0) is 25.5 Å². The molecule has 2 rings (SSSR count). The third kappa shape index (κ3) is 2.53. The number of hydrogen-bond acceptors (Lipinski definition) is 2. The molecule has 2 nitrogen and oxygen atoms in total. The summed E-state index contributed by atoms with van der Waals surface area (Å²) in [7, 11) is 0. The summed E-state index contributed by atoms with van der Waals surface area (Å²) in [6.07, 6.45) is 1.73. The van der Waals surface area contributed by atoms with Crippen LogP contribution in [0.1, 0.15) is 19.8 Å². The van der Waals surface area contributed by atoms with E-state index in [0.29, 0.717) is 5.91 Å². The van der Waals surface area contributed by atoms with E-state index in [1.54, 1.807) is 11.8 Å². The molecule has 3 heteroatoms. The molecule has 1 aromatic carbocycles. The summed E-state index contributed by atoms with van der Waals surface area (Å²) in [4.78, 5) is 14.7. The number of benzene rings is 1. The molecule has 0 aromatic heterocycles. The van der Waals surface area contributed by atoms with Gasteiger partial charge in [0.1, 0.15) is 0 Å². The van der Waals surface area contributed by atoms with Crippen LogP contribution in [0.3, 0.4) is 0 Å². The number of likely N-dealkylation sites (tertiary alicyclic amines) is 1. The maximum Gasteiger partial charge on any atom is 0.223 e. The summed E-state index contributed by atoms with van der Waals surface area (Å²) < 4.78 is 0. The zero-order valence-corrected chi connectivity index (χ0v) is 9.67. The van der Waals surface area contributed by atoms with E-state index in [9.17, 15) is 4.79 Å². The molecule has 1 fully saturated rings. The maximum absolute atomic E-state index is 11.5. The predicted octanol–water partition coefficient (Wildman–Crippen LogP) is 2.75. The first kappa shape index (κ1) is 10.6. The molecule has 1 amide bonds. The van der Waals surface area contributed by atoms with E-state index < -0.39 is 0 Å². The highest BCUT2D eigenvalue weighted by Crippen LogP contribution is 2.27. The van der Waals surface area contributed by atoms with Crippen molar-refractivity contribution in [2.45, 2.75) is 30.0 Å². The van der Waals surface area contributed by atoms with E-state index in [2.05, 4.69) is 19.1 Å². The Labute approximate surface area is 94.7 Å². The Hall–Kier alpha value is -0.960. The molecule has 1 aliphatic heterocycles. The smallest absolute Gasteiger partial charge is 0.223 e. The van der Waals surface area contributed by atoms with Crippen LogP contribution in [0.25, 0.3) is 0 Å². The summed E-state index contributed by atoms with van der Waals surface area (Å²) >= 11 is 1.75. The van der Waals surface area contributed by atoms with Gasteiger partial charge in [-0.3, -0.25) is 4.79 Å². The fraction of sp³-hybridized carbons (Fsp3) is 0.417. The first-order valence-corrected chi connectivity index (χ1v) is 6.16. The fourth-order valence-electron chi connectivity index (χ4n) is 1.81. The van der Waals surface area contributed by atoms with Gasteiger partial charge in [-0.2, -0.15) is 0 Å². The molecule has 1 aliphatic rings. The normalized spacial score (nSPS) is 18.2. The second-order valence-corrected chi connectivity index (χ2v) is 5.11. The van der Waals surface area contributed by atoms with Crippen molar-refractivity contribution in [2.24, 2.45) is 0 Å². The van der Waals surface area contributed by atoms with Crippen molar-refractivity contribution in [3.05, 3.63) is 30.3 Å². The fourth-order valence-corrected chi connectivity index (χ4v) is 2.87. The van der Waals surface area contributed by atoms with Crippen molar-refractivity contribution < 1.29 is 4.79 Å². The van der Waals surface area contributed by atoms with Crippen LogP contribution in [-0.4, -0.2) is 22.7 Å². The molecule has 0 saturated carbocycles. The number of thioether (sulfide) groups is 1. The standard InChI is InChI=1S/C12H15NOS/c1-10(13-9-5-8-12(13)14)15-11-6-3-2-4-7-11/h2-4,6-7,10H,5,8-9H2,1H3. The van der Waals surface area contributed by atoms with Gasteiger partial charge in [0.25, 0.3) is 0 Å². The molecule has 0 bridgehead atoms. The van der Waals surface area contributed by atoms with Crippen LogP contribution in [0.2, 0.25) is 0 Å². The van der Waals surface area contributed by atoms with E-state index in [1.165, 1.54) is 4.90 Å². The van der Waals surface area contributed by atoms with Gasteiger partial charge in [-0.25, -0.2) is 0 Å². The van der Waals surface area contributed by atoms with Gasteiger partial charge in [0.2, 0.25) is 5.91 Å². The minimum atomic E-state index is 0.252. The highest BCUT2D eigenvalue weighted by atomic mass is 32.2. The molecule has 1 aromatic rings. The summed E-state index contributed by atoms with van der Waals surface area (Å²) in [5, 5.41) is 0.252. The molecule has 1 saturated heterocycles. The van der Waals surface area contributed by atoms with E-state index in [4.69, 9.17) is 0 Å². The second kappa shape index (κ2) is 4.71. The van der Waals surface area contributed by atoms with Crippen LogP contribution in [0, 0.1) is 0 Å². The minimum absolute atomic E-state index is 0.252. The van der Waals surface area contributed by atoms with Crippen molar-refractivity contribution in [1.82, 2.24) is 4.90 Å². The van der Waals surface area contributed by atoms with Crippen LogP contribution in [0.15, 0.2) is 35.2 Å². The van der Waals surface area contributed by atoms with Crippen LogP contribution in [0.4, 0.5) is 0 Å². The average Bonchev–Trinajstić information content (AvgIpc) is 2.66. The Balaban J connectivity index is 1.97. The molecule has 0 aliphatic carbocycles. The quantitative estimate of drug-likeness (QED) is 0.731. The molecular weight excluding hydrogens is 206 g/mol. The monoisotopic (exact) mass is 221 g/mol. The molecule has 15 heavy (non-hydrogen) atoms.